The number of nitrogens with one attached hydrogen (secondary N) is 1. The van der Waals surface area contributed by atoms with Crippen molar-refractivity contribution in [3.8, 4) is 5.88 Å². The Bertz CT molecular complexity index is 667. The third-order valence-electron chi connectivity index (χ3n) is 3.96. The smallest absolute Gasteiger partial charge is 0.241 e. The van der Waals surface area contributed by atoms with Gasteiger partial charge in [0.1, 0.15) is 4.83 Å². The number of hydrazine groups is 1. The molecule has 5 nitrogen and oxygen atoms in total. The summed E-state index contributed by atoms with van der Waals surface area (Å²) >= 11 is 1.62. The van der Waals surface area contributed by atoms with E-state index < -0.39 is 0 Å². The topological polar surface area (TPSA) is 73.1 Å². The van der Waals surface area contributed by atoms with E-state index in [4.69, 9.17) is 10.6 Å². The molecule has 0 saturated heterocycles. The fraction of sp³-hybridized carbons (Fsp3) is 0.467. The molecule has 1 aliphatic rings. The van der Waals surface area contributed by atoms with Crippen LogP contribution < -0.4 is 16.0 Å². The summed E-state index contributed by atoms with van der Waals surface area (Å²) in [5.74, 6) is 7.64. The summed E-state index contributed by atoms with van der Waals surface area (Å²) in [6, 6.07) is 2.07. The summed E-state index contributed by atoms with van der Waals surface area (Å²) in [5.41, 5.74) is 2.51. The molecule has 2 unspecified atom stereocenters. The van der Waals surface area contributed by atoms with Gasteiger partial charge in [-0.15, -0.1) is 11.3 Å². The molecule has 2 heterocycles. The van der Waals surface area contributed by atoms with Gasteiger partial charge >= 0.3 is 0 Å². The fourth-order valence-electron chi connectivity index (χ4n) is 2.62. The number of nitrogens with two attached hydrogens (primary N) is 1. The summed E-state index contributed by atoms with van der Waals surface area (Å²) in [6.07, 6.45) is 6.69. The van der Waals surface area contributed by atoms with Crippen LogP contribution in [0.4, 0.5) is 5.95 Å². The third-order valence-corrected chi connectivity index (χ3v) is 4.91. The number of rotatable bonds is 4. The van der Waals surface area contributed by atoms with Gasteiger partial charge in [-0.05, 0) is 37.7 Å². The van der Waals surface area contributed by atoms with Crippen LogP contribution in [0.25, 0.3) is 10.2 Å². The average molecular weight is 304 g/mol. The van der Waals surface area contributed by atoms with Crippen LogP contribution in [0, 0.1) is 18.8 Å². The minimum Gasteiger partial charge on any atom is -0.477 e. The van der Waals surface area contributed by atoms with Crippen LogP contribution in [0.5, 0.6) is 5.88 Å². The van der Waals surface area contributed by atoms with E-state index in [0.29, 0.717) is 30.3 Å². The second-order valence-corrected chi connectivity index (χ2v) is 6.80. The molecule has 112 valence electrons. The van der Waals surface area contributed by atoms with Crippen molar-refractivity contribution in [1.82, 2.24) is 9.97 Å². The first kappa shape index (κ1) is 14.3. The lowest BCUT2D eigenvalue weighted by Gasteiger charge is -2.25. The number of aryl methyl sites for hydroxylation is 1. The van der Waals surface area contributed by atoms with Crippen molar-refractivity contribution in [2.45, 2.75) is 26.7 Å². The van der Waals surface area contributed by atoms with Gasteiger partial charge in [0, 0.05) is 4.88 Å². The van der Waals surface area contributed by atoms with E-state index in [-0.39, 0.29) is 0 Å². The van der Waals surface area contributed by atoms with Crippen molar-refractivity contribution in [1.29, 1.82) is 0 Å². The molecule has 1 aliphatic carbocycles. The Labute approximate surface area is 128 Å². The predicted molar refractivity (Wildman–Crippen MR) is 86.5 cm³/mol. The van der Waals surface area contributed by atoms with Crippen LogP contribution in [0.2, 0.25) is 0 Å². The fourth-order valence-corrected chi connectivity index (χ4v) is 3.49. The number of thiophene rings is 1. The number of hydrogen-bond donors (Lipinski definition) is 2. The number of ether oxygens (including phenoxy) is 1. The molecule has 0 aliphatic heterocycles. The molecule has 0 amide bonds. The third kappa shape index (κ3) is 3.01. The molecule has 6 heteroatoms. The number of anilines is 1. The summed E-state index contributed by atoms with van der Waals surface area (Å²) in [5, 5.41) is 0.968. The van der Waals surface area contributed by atoms with Gasteiger partial charge < -0.3 is 4.74 Å². The van der Waals surface area contributed by atoms with E-state index in [0.717, 1.165) is 23.1 Å². The van der Waals surface area contributed by atoms with Crippen LogP contribution in [-0.4, -0.2) is 16.6 Å². The van der Waals surface area contributed by atoms with E-state index in [2.05, 4.69) is 47.5 Å². The maximum absolute atomic E-state index is 6.01. The second-order valence-electron chi connectivity index (χ2n) is 5.56. The molecule has 0 spiro atoms. The van der Waals surface area contributed by atoms with Gasteiger partial charge in [0.25, 0.3) is 0 Å². The molecule has 0 bridgehead atoms. The zero-order valence-electron chi connectivity index (χ0n) is 12.3. The number of fused-ring (bicyclic) bond motifs is 1. The standard InChI is InChI=1S/C15H20N4OS/c1-9-5-3-4-6-11(9)8-20-13-12-7-10(2)21-14(12)18-15(17-13)19-16/h3-4,7,9,11H,5-6,8,16H2,1-2H3,(H,17,18,19). The van der Waals surface area contributed by atoms with Gasteiger partial charge in [-0.25, -0.2) is 10.8 Å². The van der Waals surface area contributed by atoms with Gasteiger partial charge in [-0.2, -0.15) is 4.98 Å². The van der Waals surface area contributed by atoms with E-state index in [9.17, 15) is 0 Å². The van der Waals surface area contributed by atoms with Crippen LogP contribution in [0.3, 0.4) is 0 Å². The van der Waals surface area contributed by atoms with Crippen molar-refractivity contribution in [3.63, 3.8) is 0 Å². The summed E-state index contributed by atoms with van der Waals surface area (Å²) in [4.78, 5) is 10.8. The highest BCUT2D eigenvalue weighted by Crippen LogP contribution is 2.32. The Kier molecular flexibility index (Phi) is 4.07. The first-order valence-corrected chi connectivity index (χ1v) is 8.01. The molecule has 21 heavy (non-hydrogen) atoms. The van der Waals surface area contributed by atoms with E-state index in [1.54, 1.807) is 11.3 Å². The molecule has 3 rings (SSSR count). The van der Waals surface area contributed by atoms with E-state index >= 15 is 0 Å². The largest absolute Gasteiger partial charge is 0.477 e. The molecule has 0 fully saturated rings. The summed E-state index contributed by atoms with van der Waals surface area (Å²) in [7, 11) is 0. The van der Waals surface area contributed by atoms with Crippen molar-refractivity contribution in [2.75, 3.05) is 12.0 Å². The zero-order valence-corrected chi connectivity index (χ0v) is 13.1. The SMILES string of the molecule is Cc1cc2c(OCC3CC=CCC3C)nc(NN)nc2s1. The maximum atomic E-state index is 6.01. The lowest BCUT2D eigenvalue weighted by molar-refractivity contribution is 0.195. The maximum Gasteiger partial charge on any atom is 0.241 e. The van der Waals surface area contributed by atoms with Crippen molar-refractivity contribution >= 4 is 27.5 Å². The first-order chi connectivity index (χ1) is 10.2. The lowest BCUT2D eigenvalue weighted by atomic mass is 9.85. The molecule has 2 aromatic heterocycles. The molecule has 2 aromatic rings. The van der Waals surface area contributed by atoms with Gasteiger partial charge in [0.05, 0.1) is 12.0 Å². The number of nitrogens with zero attached hydrogens (tertiary/aromatic N) is 2. The van der Waals surface area contributed by atoms with Crippen LogP contribution in [0.15, 0.2) is 18.2 Å². The van der Waals surface area contributed by atoms with Gasteiger partial charge in [0.15, 0.2) is 0 Å². The average Bonchev–Trinajstić information content (AvgIpc) is 2.86. The highest BCUT2D eigenvalue weighted by atomic mass is 32.1. The van der Waals surface area contributed by atoms with Crippen molar-refractivity contribution in [3.05, 3.63) is 23.1 Å². The quantitative estimate of drug-likeness (QED) is 0.515. The van der Waals surface area contributed by atoms with Gasteiger partial charge in [-0.3, -0.25) is 5.43 Å². The Morgan fingerprint density at radius 1 is 1.38 bits per heavy atom. The minimum atomic E-state index is 0.399. The summed E-state index contributed by atoms with van der Waals surface area (Å²) < 4.78 is 6.01. The Morgan fingerprint density at radius 3 is 2.95 bits per heavy atom. The first-order valence-electron chi connectivity index (χ1n) is 7.20. The van der Waals surface area contributed by atoms with Gasteiger partial charge in [-0.1, -0.05) is 19.1 Å². The Morgan fingerprint density at radius 2 is 2.19 bits per heavy atom. The molecule has 0 saturated carbocycles. The molecule has 3 N–H and O–H groups in total. The number of nitrogen functional groups attached to an aromatic ring is 1. The molecule has 0 aromatic carbocycles. The predicted octanol–water partition coefficient (Wildman–Crippen LogP) is 3.27. The highest BCUT2D eigenvalue weighted by molar-refractivity contribution is 7.18. The molecular weight excluding hydrogens is 284 g/mol. The normalized spacial score (nSPS) is 21.7. The number of allylic oxidation sites excluding steroid dienone is 2. The van der Waals surface area contributed by atoms with Gasteiger partial charge in [0.2, 0.25) is 11.8 Å². The van der Waals surface area contributed by atoms with Crippen molar-refractivity contribution < 1.29 is 4.74 Å². The highest BCUT2D eigenvalue weighted by Gasteiger charge is 2.20. The van der Waals surface area contributed by atoms with Crippen LogP contribution in [-0.2, 0) is 0 Å². The monoisotopic (exact) mass is 304 g/mol. The van der Waals surface area contributed by atoms with Crippen molar-refractivity contribution in [2.24, 2.45) is 17.7 Å². The van der Waals surface area contributed by atoms with Crippen LogP contribution in [0.1, 0.15) is 24.6 Å². The Hall–Kier alpha value is -1.66. The number of hydrogen-bond acceptors (Lipinski definition) is 6. The van der Waals surface area contributed by atoms with E-state index in [1.807, 2.05) is 0 Å². The second kappa shape index (κ2) is 5.99. The molecular formula is C15H20N4OS. The molecule has 2 atom stereocenters. The zero-order chi connectivity index (χ0) is 14.8. The number of aromatic nitrogens is 2. The summed E-state index contributed by atoms with van der Waals surface area (Å²) in [6.45, 7) is 5.00. The minimum absolute atomic E-state index is 0.399. The van der Waals surface area contributed by atoms with Crippen LogP contribution >= 0.6 is 11.3 Å². The van der Waals surface area contributed by atoms with E-state index in [1.165, 1.54) is 4.88 Å². The Balaban J connectivity index is 1.83. The lowest BCUT2D eigenvalue weighted by Crippen LogP contribution is -2.21. The molecule has 0 radical (unpaired) electrons.